The molecule has 0 fully saturated rings. The van der Waals surface area contributed by atoms with Crippen molar-refractivity contribution in [1.82, 2.24) is 0 Å². The van der Waals surface area contributed by atoms with Crippen LogP contribution in [0.3, 0.4) is 0 Å². The van der Waals surface area contributed by atoms with Crippen LogP contribution in [0.2, 0.25) is 0 Å². The van der Waals surface area contributed by atoms with Gasteiger partial charge in [0.1, 0.15) is 0 Å². The van der Waals surface area contributed by atoms with Gasteiger partial charge in [0, 0.05) is 24.4 Å². The lowest BCUT2D eigenvalue weighted by Crippen LogP contribution is -1.91. The van der Waals surface area contributed by atoms with Crippen LogP contribution in [0.15, 0.2) is 33.5 Å². The Morgan fingerprint density at radius 1 is 1.44 bits per heavy atom. The minimum Gasteiger partial charge on any atom is -0.316 e. The first-order valence-electron chi connectivity index (χ1n) is 5.14. The largest absolute Gasteiger partial charge is 0.316 e. The van der Waals surface area contributed by atoms with Gasteiger partial charge in [0.2, 0.25) is 0 Å². The van der Waals surface area contributed by atoms with E-state index in [1.165, 1.54) is 19.8 Å². The maximum absolute atomic E-state index is 5.19. The van der Waals surface area contributed by atoms with E-state index in [1.54, 1.807) is 11.8 Å². The lowest BCUT2D eigenvalue weighted by molar-refractivity contribution is 0.338. The molecule has 0 atom stereocenters. The van der Waals surface area contributed by atoms with E-state index in [0.717, 1.165) is 15.3 Å². The van der Waals surface area contributed by atoms with Crippen LogP contribution in [0.25, 0.3) is 0 Å². The van der Waals surface area contributed by atoms with Gasteiger partial charge in [-0.2, -0.15) is 0 Å². The third-order valence-electron chi connectivity index (χ3n) is 2.06. The molecule has 0 bridgehead atoms. The monoisotopic (exact) mass is 367 g/mol. The highest BCUT2D eigenvalue weighted by Crippen LogP contribution is 2.49. The lowest BCUT2D eigenvalue weighted by Gasteiger charge is -2.13. The Labute approximate surface area is 126 Å². The molecule has 0 aromatic heterocycles. The Bertz CT molecular complexity index is 474. The maximum Gasteiger partial charge on any atom is 0.309 e. The first-order valence-corrected chi connectivity index (χ1v) is 9.51. The number of thioether (sulfide) groups is 1. The molecule has 0 aliphatic rings. The van der Waals surface area contributed by atoms with Crippen molar-refractivity contribution in [3.8, 4) is 0 Å². The third-order valence-corrected chi connectivity index (χ3v) is 6.28. The predicted octanol–water partition coefficient (Wildman–Crippen LogP) is 4.62. The first kappa shape index (κ1) is 16.3. The van der Waals surface area contributed by atoms with E-state index in [-0.39, 0.29) is 0 Å². The number of rotatable bonds is 5. The van der Waals surface area contributed by atoms with Crippen molar-refractivity contribution in [1.29, 1.82) is 0 Å². The molecule has 1 rings (SSSR count). The van der Waals surface area contributed by atoms with Gasteiger partial charge in [-0.3, -0.25) is 0 Å². The van der Waals surface area contributed by atoms with E-state index in [1.807, 2.05) is 19.1 Å². The van der Waals surface area contributed by atoms with Crippen molar-refractivity contribution in [2.45, 2.75) is 12.7 Å². The van der Waals surface area contributed by atoms with E-state index >= 15 is 0 Å². The fourth-order valence-corrected chi connectivity index (χ4v) is 3.91. The van der Waals surface area contributed by atoms with Crippen molar-refractivity contribution in [2.24, 2.45) is 4.76 Å². The summed E-state index contributed by atoms with van der Waals surface area (Å²) >= 11 is 10.3. The number of benzene rings is 1. The highest BCUT2D eigenvalue weighted by molar-refractivity contribution is 9.10. The molecule has 100 valence electrons. The van der Waals surface area contributed by atoms with Crippen molar-refractivity contribution in [3.63, 3.8) is 0 Å². The van der Waals surface area contributed by atoms with Gasteiger partial charge < -0.3 is 9.05 Å². The molecule has 0 unspecified atom stereocenters. The topological polar surface area (TPSA) is 30.8 Å². The molecule has 0 saturated carbocycles. The van der Waals surface area contributed by atoms with Gasteiger partial charge >= 0.3 is 6.64 Å². The fraction of sp³-hybridized carbons (Fsp3) is 0.364. The molecule has 0 spiro atoms. The summed E-state index contributed by atoms with van der Waals surface area (Å²) in [7, 11) is 3.06. The highest BCUT2D eigenvalue weighted by atomic mass is 79.9. The van der Waals surface area contributed by atoms with Gasteiger partial charge in [0.25, 0.3) is 0 Å². The van der Waals surface area contributed by atoms with Crippen LogP contribution in [-0.2, 0) is 26.6 Å². The van der Waals surface area contributed by atoms with E-state index in [9.17, 15) is 0 Å². The Balaban J connectivity index is 2.63. The van der Waals surface area contributed by atoms with Crippen LogP contribution in [0.1, 0.15) is 12.5 Å². The summed E-state index contributed by atoms with van der Waals surface area (Å²) in [5, 5.41) is 0.877. The SMILES string of the molecule is COP(=S)(N=C(C)SCc1cccc(Br)c1)OC. The van der Waals surface area contributed by atoms with Crippen molar-refractivity contribution < 1.29 is 9.05 Å². The standard InChI is InChI=1S/C11H15BrNO2PS2/c1-9(13-16(17,14-2)15-3)18-8-10-5-4-6-11(12)7-10/h4-7H,8H2,1-3H3. The van der Waals surface area contributed by atoms with Crippen molar-refractivity contribution in [2.75, 3.05) is 14.2 Å². The normalized spacial score (nSPS) is 12.8. The molecule has 0 heterocycles. The van der Waals surface area contributed by atoms with Crippen LogP contribution in [0.4, 0.5) is 0 Å². The summed E-state index contributed by atoms with van der Waals surface area (Å²) in [4.78, 5) is 0. The summed E-state index contributed by atoms with van der Waals surface area (Å²) < 4.78 is 15.7. The van der Waals surface area contributed by atoms with Crippen LogP contribution in [0, 0.1) is 0 Å². The molecule has 0 saturated heterocycles. The fourth-order valence-electron chi connectivity index (χ4n) is 1.17. The second-order valence-corrected chi connectivity index (χ2v) is 8.71. The van der Waals surface area contributed by atoms with Gasteiger partial charge in [-0.1, -0.05) is 28.1 Å². The summed E-state index contributed by atoms with van der Waals surface area (Å²) in [5.41, 5.74) is 1.23. The Kier molecular flexibility index (Phi) is 7.06. The number of nitrogens with zero attached hydrogens (tertiary/aromatic N) is 1. The van der Waals surface area contributed by atoms with Crippen LogP contribution < -0.4 is 0 Å². The van der Waals surface area contributed by atoms with Crippen molar-refractivity contribution in [3.05, 3.63) is 34.3 Å². The molecule has 1 aromatic rings. The second kappa shape index (κ2) is 7.78. The molecule has 0 N–H and O–H groups in total. The molecule has 0 aliphatic heterocycles. The van der Waals surface area contributed by atoms with Crippen molar-refractivity contribution >= 4 is 51.2 Å². The molecule has 0 amide bonds. The van der Waals surface area contributed by atoms with Gasteiger partial charge in [-0.25, -0.2) is 4.76 Å². The quantitative estimate of drug-likeness (QED) is 0.431. The molecule has 3 nitrogen and oxygen atoms in total. The summed E-state index contributed by atoms with van der Waals surface area (Å²) in [6.45, 7) is -0.558. The number of hydrogen-bond donors (Lipinski definition) is 0. The summed E-state index contributed by atoms with van der Waals surface area (Å²) in [6, 6.07) is 8.18. The number of halogens is 1. The van der Waals surface area contributed by atoms with Gasteiger partial charge in [-0.15, -0.1) is 11.8 Å². The second-order valence-electron chi connectivity index (χ2n) is 3.37. The Morgan fingerprint density at radius 3 is 2.67 bits per heavy atom. The molecule has 7 heteroatoms. The zero-order valence-electron chi connectivity index (χ0n) is 10.4. The average molecular weight is 368 g/mol. The summed E-state index contributed by atoms with van der Waals surface area (Å²) in [5.74, 6) is 0.845. The zero-order chi connectivity index (χ0) is 13.6. The summed E-state index contributed by atoms with van der Waals surface area (Å²) in [6.07, 6.45) is 0. The molecular formula is C11H15BrNO2PS2. The molecule has 0 radical (unpaired) electrons. The minimum absolute atomic E-state index is 0.845. The molecular weight excluding hydrogens is 353 g/mol. The van der Waals surface area contributed by atoms with E-state index in [4.69, 9.17) is 20.9 Å². The van der Waals surface area contributed by atoms with Gasteiger partial charge in [-0.05, 0) is 36.4 Å². The molecule has 1 aromatic carbocycles. The molecule has 18 heavy (non-hydrogen) atoms. The van der Waals surface area contributed by atoms with Gasteiger partial charge in [0.15, 0.2) is 0 Å². The minimum atomic E-state index is -2.48. The van der Waals surface area contributed by atoms with Crippen LogP contribution in [-0.4, -0.2) is 19.3 Å². The van der Waals surface area contributed by atoms with E-state index < -0.39 is 6.64 Å². The van der Waals surface area contributed by atoms with Crippen LogP contribution in [0.5, 0.6) is 0 Å². The predicted molar refractivity (Wildman–Crippen MR) is 86.8 cm³/mol. The smallest absolute Gasteiger partial charge is 0.309 e. The average Bonchev–Trinajstić information content (AvgIpc) is 2.36. The Hall–Kier alpha value is 0.290. The maximum atomic E-state index is 5.19. The zero-order valence-corrected chi connectivity index (χ0v) is 14.5. The molecule has 0 aliphatic carbocycles. The highest BCUT2D eigenvalue weighted by Gasteiger charge is 2.13. The van der Waals surface area contributed by atoms with Crippen LogP contribution >= 0.6 is 34.3 Å². The first-order chi connectivity index (χ1) is 8.49. The lowest BCUT2D eigenvalue weighted by atomic mass is 10.2. The van der Waals surface area contributed by atoms with E-state index in [2.05, 4.69) is 32.8 Å². The van der Waals surface area contributed by atoms with Gasteiger partial charge in [0.05, 0.1) is 5.04 Å². The van der Waals surface area contributed by atoms with E-state index in [0.29, 0.717) is 0 Å². The Morgan fingerprint density at radius 2 is 2.11 bits per heavy atom. The number of hydrogen-bond acceptors (Lipinski definition) is 4. The third kappa shape index (κ3) is 5.51.